The first kappa shape index (κ1) is 24.9. The van der Waals surface area contributed by atoms with Crippen LogP contribution in [0.5, 0.6) is 23.0 Å². The maximum absolute atomic E-state index is 12.6. The number of piperidine rings is 1. The number of nitrogens with one attached hydrogen (secondary N) is 2. The van der Waals surface area contributed by atoms with Crippen molar-refractivity contribution in [1.82, 2.24) is 15.3 Å². The first-order valence-electron chi connectivity index (χ1n) is 13.1. The molecular weight excluding hydrogens is 496 g/mol. The lowest BCUT2D eigenvalue weighted by Crippen LogP contribution is -2.30. The zero-order valence-corrected chi connectivity index (χ0v) is 21.7. The van der Waals surface area contributed by atoms with Gasteiger partial charge in [0.05, 0.1) is 31.3 Å². The molecule has 3 heterocycles. The second kappa shape index (κ2) is 11.2. The van der Waals surface area contributed by atoms with Crippen LogP contribution in [0, 0.1) is 5.92 Å². The Morgan fingerprint density at radius 1 is 1.00 bits per heavy atom. The van der Waals surface area contributed by atoms with Gasteiger partial charge in [0, 0.05) is 22.7 Å². The topological polar surface area (TPSA) is 104 Å². The molecule has 39 heavy (non-hydrogen) atoms. The Morgan fingerprint density at radius 3 is 2.64 bits per heavy atom. The number of nitrogens with zero attached hydrogens (tertiary/aromatic N) is 2. The third-order valence-electron chi connectivity index (χ3n) is 7.10. The molecule has 2 N–H and O–H groups in total. The van der Waals surface area contributed by atoms with Gasteiger partial charge < -0.3 is 29.6 Å². The Balaban J connectivity index is 1.16. The van der Waals surface area contributed by atoms with Gasteiger partial charge in [0.2, 0.25) is 12.7 Å². The van der Waals surface area contributed by atoms with Crippen LogP contribution in [-0.2, 0) is 11.2 Å². The zero-order chi connectivity index (χ0) is 26.6. The summed E-state index contributed by atoms with van der Waals surface area (Å²) in [6.45, 7) is 2.92. The van der Waals surface area contributed by atoms with Gasteiger partial charge in [-0.15, -0.1) is 0 Å². The number of methoxy groups -OCH3 is 1. The normalized spacial score (nSPS) is 14.8. The van der Waals surface area contributed by atoms with E-state index in [9.17, 15) is 4.79 Å². The second-order valence-electron chi connectivity index (χ2n) is 9.74. The Hall–Kier alpha value is -4.37. The van der Waals surface area contributed by atoms with Gasteiger partial charge in [-0.2, -0.15) is 0 Å². The molecule has 4 aromatic rings. The number of anilines is 1. The molecule has 0 spiro atoms. The van der Waals surface area contributed by atoms with E-state index >= 15 is 0 Å². The molecule has 2 aliphatic heterocycles. The molecule has 0 radical (unpaired) electrons. The highest BCUT2D eigenvalue weighted by Crippen LogP contribution is 2.36. The number of carbonyl (C=O) groups is 1. The molecular formula is C30H30N4O5. The van der Waals surface area contributed by atoms with Crippen LogP contribution in [0.2, 0.25) is 0 Å². The van der Waals surface area contributed by atoms with E-state index in [4.69, 9.17) is 18.9 Å². The molecule has 1 aromatic heterocycles. The van der Waals surface area contributed by atoms with Gasteiger partial charge in [0.1, 0.15) is 6.33 Å². The van der Waals surface area contributed by atoms with Crippen LogP contribution < -0.4 is 29.6 Å². The van der Waals surface area contributed by atoms with Gasteiger partial charge in [0.25, 0.3) is 0 Å². The minimum absolute atomic E-state index is 0.115. The molecule has 1 fully saturated rings. The highest BCUT2D eigenvalue weighted by Gasteiger charge is 2.18. The summed E-state index contributed by atoms with van der Waals surface area (Å²) in [7, 11) is 1.64. The summed E-state index contributed by atoms with van der Waals surface area (Å²) in [5.74, 6) is 3.12. The quantitative estimate of drug-likeness (QED) is 0.344. The average molecular weight is 527 g/mol. The number of benzene rings is 3. The van der Waals surface area contributed by atoms with Gasteiger partial charge in [-0.05, 0) is 67.7 Å². The molecule has 9 heteroatoms. The van der Waals surface area contributed by atoms with Crippen LogP contribution in [0.4, 0.5) is 5.69 Å². The summed E-state index contributed by atoms with van der Waals surface area (Å²) in [5, 5.41) is 7.21. The number of aromatic nitrogens is 2. The summed E-state index contributed by atoms with van der Waals surface area (Å²) >= 11 is 0. The fraction of sp³-hybridized carbons (Fsp3) is 0.300. The van der Waals surface area contributed by atoms with Gasteiger partial charge >= 0.3 is 0 Å². The number of rotatable bonds is 8. The van der Waals surface area contributed by atoms with E-state index in [2.05, 4.69) is 20.6 Å². The Bertz CT molecular complexity index is 1490. The van der Waals surface area contributed by atoms with Crippen LogP contribution in [-0.4, -0.2) is 49.5 Å². The molecule has 1 amide bonds. The van der Waals surface area contributed by atoms with E-state index in [1.165, 1.54) is 0 Å². The van der Waals surface area contributed by atoms with Crippen LogP contribution in [0.1, 0.15) is 18.4 Å². The van der Waals surface area contributed by atoms with E-state index in [0.29, 0.717) is 41.2 Å². The van der Waals surface area contributed by atoms with Crippen LogP contribution in [0.25, 0.3) is 22.2 Å². The zero-order valence-electron chi connectivity index (χ0n) is 21.7. The monoisotopic (exact) mass is 526 g/mol. The highest BCUT2D eigenvalue weighted by molar-refractivity contribution is 5.95. The summed E-state index contributed by atoms with van der Waals surface area (Å²) in [6, 6.07) is 17.0. The number of hydrogen-bond donors (Lipinski definition) is 2. The lowest BCUT2D eigenvalue weighted by molar-refractivity contribution is -0.115. The second-order valence-corrected chi connectivity index (χ2v) is 9.74. The molecule has 1 saturated heterocycles. The molecule has 3 aromatic carbocycles. The van der Waals surface area contributed by atoms with Gasteiger partial charge in [0.15, 0.2) is 23.0 Å². The minimum atomic E-state index is -0.115. The first-order valence-corrected chi connectivity index (χ1v) is 13.1. The van der Waals surface area contributed by atoms with Crippen molar-refractivity contribution in [3.63, 3.8) is 0 Å². The van der Waals surface area contributed by atoms with E-state index in [0.717, 1.165) is 53.7 Å². The molecule has 0 atom stereocenters. The Kier molecular flexibility index (Phi) is 7.14. The summed E-state index contributed by atoms with van der Waals surface area (Å²) < 4.78 is 22.6. The number of amides is 1. The molecule has 0 aliphatic carbocycles. The third kappa shape index (κ3) is 5.58. The Labute approximate surface area is 226 Å². The molecule has 9 nitrogen and oxygen atoms in total. The lowest BCUT2D eigenvalue weighted by Gasteiger charge is -2.23. The predicted octanol–water partition coefficient (Wildman–Crippen LogP) is 4.59. The van der Waals surface area contributed by atoms with Crippen molar-refractivity contribution >= 4 is 22.5 Å². The summed E-state index contributed by atoms with van der Waals surface area (Å²) in [6.07, 6.45) is 4.01. The fourth-order valence-corrected chi connectivity index (χ4v) is 4.98. The molecule has 0 saturated carbocycles. The van der Waals surface area contributed by atoms with Crippen LogP contribution in [0.3, 0.4) is 0 Å². The van der Waals surface area contributed by atoms with Crippen molar-refractivity contribution in [2.24, 2.45) is 5.92 Å². The first-order chi connectivity index (χ1) is 19.2. The Morgan fingerprint density at radius 2 is 1.82 bits per heavy atom. The van der Waals surface area contributed by atoms with Crippen molar-refractivity contribution in [3.8, 4) is 34.3 Å². The maximum Gasteiger partial charge on any atom is 0.231 e. The molecule has 0 bridgehead atoms. The van der Waals surface area contributed by atoms with Crippen molar-refractivity contribution in [2.75, 3.05) is 38.9 Å². The molecule has 0 unspecified atom stereocenters. The van der Waals surface area contributed by atoms with E-state index < -0.39 is 0 Å². The summed E-state index contributed by atoms with van der Waals surface area (Å²) in [4.78, 5) is 21.7. The number of fused-ring (bicyclic) bond motifs is 2. The number of carbonyl (C=O) groups excluding carboxylic acids is 1. The standard InChI is InChI=1S/C30H30N4O5/c1-36-26-14-23-24(15-28(26)37-16-19-8-10-31-11-9-19)32-17-33-30(23)21-3-5-22(6-4-21)34-29(35)13-20-2-7-25-27(12-20)39-18-38-25/h2-7,12,14-15,17,19,31H,8-11,13,16,18H2,1H3,(H,34,35). The van der Waals surface area contributed by atoms with Gasteiger partial charge in [-0.1, -0.05) is 18.2 Å². The lowest BCUT2D eigenvalue weighted by atomic mass is 9.99. The molecule has 2 aliphatic rings. The van der Waals surface area contributed by atoms with Crippen LogP contribution >= 0.6 is 0 Å². The van der Waals surface area contributed by atoms with Crippen molar-refractivity contribution in [2.45, 2.75) is 19.3 Å². The highest BCUT2D eigenvalue weighted by atomic mass is 16.7. The van der Waals surface area contributed by atoms with Crippen molar-refractivity contribution in [3.05, 3.63) is 66.5 Å². The largest absolute Gasteiger partial charge is 0.493 e. The number of ether oxygens (including phenoxy) is 4. The van der Waals surface area contributed by atoms with Crippen molar-refractivity contribution in [1.29, 1.82) is 0 Å². The predicted molar refractivity (Wildman–Crippen MR) is 148 cm³/mol. The van der Waals surface area contributed by atoms with E-state index in [-0.39, 0.29) is 19.1 Å². The SMILES string of the molecule is COc1cc2c(-c3ccc(NC(=O)Cc4ccc5c(c4)OCO5)cc3)ncnc2cc1OCC1CCNCC1. The minimum Gasteiger partial charge on any atom is -0.493 e. The van der Waals surface area contributed by atoms with Gasteiger partial charge in [-0.25, -0.2) is 9.97 Å². The van der Waals surface area contributed by atoms with Gasteiger partial charge in [-0.3, -0.25) is 4.79 Å². The van der Waals surface area contributed by atoms with E-state index in [1.807, 2.05) is 54.6 Å². The molecule has 200 valence electrons. The summed E-state index contributed by atoms with van der Waals surface area (Å²) in [5.41, 5.74) is 4.02. The average Bonchev–Trinajstić information content (AvgIpc) is 3.44. The van der Waals surface area contributed by atoms with E-state index in [1.54, 1.807) is 13.4 Å². The van der Waals surface area contributed by atoms with Crippen molar-refractivity contribution < 1.29 is 23.7 Å². The maximum atomic E-state index is 12.6. The van der Waals surface area contributed by atoms with Crippen LogP contribution in [0.15, 0.2) is 60.9 Å². The third-order valence-corrected chi connectivity index (χ3v) is 7.10. The molecule has 6 rings (SSSR count). The smallest absolute Gasteiger partial charge is 0.231 e. The number of hydrogen-bond acceptors (Lipinski definition) is 8. The fourth-order valence-electron chi connectivity index (χ4n) is 4.98.